The molecule has 1 fully saturated rings. The predicted molar refractivity (Wildman–Crippen MR) is 55.7 cm³/mol. The van der Waals surface area contributed by atoms with Crippen molar-refractivity contribution in [2.75, 3.05) is 6.61 Å². The van der Waals surface area contributed by atoms with Gasteiger partial charge in [-0.2, -0.15) is 0 Å². The first kappa shape index (κ1) is 11.0. The number of hydrogen-bond acceptors (Lipinski definition) is 2. The Morgan fingerprint density at radius 2 is 1.85 bits per heavy atom. The van der Waals surface area contributed by atoms with Crippen molar-refractivity contribution in [1.29, 1.82) is 0 Å². The average molecular weight is 185 g/mol. The molecule has 2 heteroatoms. The summed E-state index contributed by atoms with van der Waals surface area (Å²) in [5.74, 6) is 0.836. The van der Waals surface area contributed by atoms with Crippen LogP contribution in [0, 0.1) is 5.92 Å². The number of nitrogens with one attached hydrogen (secondary N) is 1. The van der Waals surface area contributed by atoms with Crippen LogP contribution >= 0.6 is 0 Å². The Morgan fingerprint density at radius 3 is 2.38 bits per heavy atom. The van der Waals surface area contributed by atoms with E-state index in [0.717, 1.165) is 5.92 Å². The quantitative estimate of drug-likeness (QED) is 0.701. The molecule has 0 aromatic heterocycles. The minimum Gasteiger partial charge on any atom is -0.395 e. The van der Waals surface area contributed by atoms with Gasteiger partial charge < -0.3 is 10.4 Å². The number of aliphatic hydroxyl groups excluding tert-OH is 1. The van der Waals surface area contributed by atoms with E-state index in [9.17, 15) is 0 Å². The largest absolute Gasteiger partial charge is 0.395 e. The molecule has 2 nitrogen and oxygen atoms in total. The zero-order valence-electron chi connectivity index (χ0n) is 8.92. The van der Waals surface area contributed by atoms with E-state index < -0.39 is 0 Å². The smallest absolute Gasteiger partial charge is 0.0582 e. The zero-order valence-corrected chi connectivity index (χ0v) is 8.92. The molecule has 0 heterocycles. The molecule has 1 rings (SSSR count). The normalized spacial score (nSPS) is 24.2. The van der Waals surface area contributed by atoms with Crippen molar-refractivity contribution in [3.8, 4) is 0 Å². The fraction of sp³-hybridized carbons (Fsp3) is 1.00. The summed E-state index contributed by atoms with van der Waals surface area (Å²) in [6.07, 6.45) is 6.94. The first-order valence-corrected chi connectivity index (χ1v) is 5.61. The maximum Gasteiger partial charge on any atom is 0.0582 e. The lowest BCUT2D eigenvalue weighted by Gasteiger charge is -2.30. The summed E-state index contributed by atoms with van der Waals surface area (Å²) >= 11 is 0. The van der Waals surface area contributed by atoms with Crippen LogP contribution in [0.15, 0.2) is 0 Å². The molecular weight excluding hydrogens is 162 g/mol. The number of aliphatic hydroxyl groups is 1. The van der Waals surface area contributed by atoms with Gasteiger partial charge in [0, 0.05) is 12.1 Å². The number of rotatable bonds is 4. The Labute approximate surface area is 81.7 Å². The van der Waals surface area contributed by atoms with Crippen molar-refractivity contribution in [1.82, 2.24) is 5.32 Å². The van der Waals surface area contributed by atoms with Crippen LogP contribution in [-0.4, -0.2) is 23.8 Å². The van der Waals surface area contributed by atoms with Crippen molar-refractivity contribution in [3.63, 3.8) is 0 Å². The molecule has 0 amide bonds. The van der Waals surface area contributed by atoms with Crippen molar-refractivity contribution in [2.45, 2.75) is 58.0 Å². The molecule has 1 unspecified atom stereocenters. The third kappa shape index (κ3) is 3.65. The Bertz CT molecular complexity index is 132. The van der Waals surface area contributed by atoms with Gasteiger partial charge in [-0.1, -0.05) is 19.3 Å². The fourth-order valence-electron chi connectivity index (χ4n) is 2.27. The van der Waals surface area contributed by atoms with Gasteiger partial charge in [0.2, 0.25) is 0 Å². The third-order valence-electron chi connectivity index (χ3n) is 3.18. The van der Waals surface area contributed by atoms with Gasteiger partial charge in [-0.05, 0) is 32.6 Å². The Kier molecular flexibility index (Phi) is 4.74. The molecule has 1 aliphatic carbocycles. The van der Waals surface area contributed by atoms with Crippen LogP contribution in [0.5, 0.6) is 0 Å². The summed E-state index contributed by atoms with van der Waals surface area (Å²) in [6.45, 7) is 4.54. The van der Waals surface area contributed by atoms with Crippen molar-refractivity contribution in [3.05, 3.63) is 0 Å². The van der Waals surface area contributed by atoms with Crippen molar-refractivity contribution < 1.29 is 5.11 Å². The Balaban J connectivity index is 2.24. The molecule has 0 aromatic carbocycles. The third-order valence-corrected chi connectivity index (χ3v) is 3.18. The molecule has 78 valence electrons. The summed E-state index contributed by atoms with van der Waals surface area (Å²) in [7, 11) is 0. The van der Waals surface area contributed by atoms with Crippen LogP contribution in [0.2, 0.25) is 0 Å². The molecule has 0 radical (unpaired) electrons. The topological polar surface area (TPSA) is 32.3 Å². The minimum absolute atomic E-state index is 0.247. The average Bonchev–Trinajstić information content (AvgIpc) is 2.19. The molecule has 0 bridgehead atoms. The van der Waals surface area contributed by atoms with E-state index in [1.54, 1.807) is 0 Å². The standard InChI is InChI=1S/C11H23NO/c1-9(8-13)12-10(2)11-6-4-3-5-7-11/h9-13H,3-8H2,1-2H3/t9-,10?/m1/s1. The molecule has 1 aliphatic rings. The first-order chi connectivity index (χ1) is 6.24. The maximum atomic E-state index is 8.92. The van der Waals surface area contributed by atoms with Gasteiger partial charge >= 0.3 is 0 Å². The van der Waals surface area contributed by atoms with Gasteiger partial charge in [-0.25, -0.2) is 0 Å². The van der Waals surface area contributed by atoms with E-state index >= 15 is 0 Å². The van der Waals surface area contributed by atoms with Gasteiger partial charge in [0.1, 0.15) is 0 Å². The van der Waals surface area contributed by atoms with Gasteiger partial charge in [-0.3, -0.25) is 0 Å². The minimum atomic E-state index is 0.247. The second kappa shape index (κ2) is 5.61. The molecule has 0 saturated heterocycles. The SMILES string of the molecule is CC(N[C@H](C)CO)C1CCCCC1. The second-order valence-corrected chi connectivity index (χ2v) is 4.44. The molecule has 13 heavy (non-hydrogen) atoms. The second-order valence-electron chi connectivity index (χ2n) is 4.44. The van der Waals surface area contributed by atoms with E-state index in [-0.39, 0.29) is 12.6 Å². The molecule has 0 aromatic rings. The molecule has 0 spiro atoms. The van der Waals surface area contributed by atoms with Crippen LogP contribution in [0.25, 0.3) is 0 Å². The highest BCUT2D eigenvalue weighted by atomic mass is 16.3. The lowest BCUT2D eigenvalue weighted by molar-refractivity contribution is 0.211. The van der Waals surface area contributed by atoms with E-state index in [4.69, 9.17) is 5.11 Å². The van der Waals surface area contributed by atoms with Crippen LogP contribution in [0.4, 0.5) is 0 Å². The van der Waals surface area contributed by atoms with Gasteiger partial charge in [0.05, 0.1) is 6.61 Å². The summed E-state index contributed by atoms with van der Waals surface area (Å²) in [5.41, 5.74) is 0. The van der Waals surface area contributed by atoms with Crippen LogP contribution in [-0.2, 0) is 0 Å². The van der Waals surface area contributed by atoms with Crippen LogP contribution in [0.1, 0.15) is 46.0 Å². The summed E-state index contributed by atoms with van der Waals surface area (Å²) in [5, 5.41) is 12.4. The maximum absolute atomic E-state index is 8.92. The van der Waals surface area contributed by atoms with E-state index in [2.05, 4.69) is 12.2 Å². The Morgan fingerprint density at radius 1 is 1.23 bits per heavy atom. The predicted octanol–water partition coefficient (Wildman–Crippen LogP) is 1.93. The molecule has 0 aliphatic heterocycles. The van der Waals surface area contributed by atoms with Gasteiger partial charge in [0.15, 0.2) is 0 Å². The van der Waals surface area contributed by atoms with Crippen LogP contribution in [0.3, 0.4) is 0 Å². The number of hydrogen-bond donors (Lipinski definition) is 2. The van der Waals surface area contributed by atoms with Gasteiger partial charge in [-0.15, -0.1) is 0 Å². The molecule has 2 N–H and O–H groups in total. The highest BCUT2D eigenvalue weighted by Gasteiger charge is 2.20. The van der Waals surface area contributed by atoms with E-state index in [0.29, 0.717) is 6.04 Å². The lowest BCUT2D eigenvalue weighted by Crippen LogP contribution is -2.41. The monoisotopic (exact) mass is 185 g/mol. The molecular formula is C11H23NO. The fourth-order valence-corrected chi connectivity index (χ4v) is 2.27. The Hall–Kier alpha value is -0.0800. The highest BCUT2D eigenvalue weighted by Crippen LogP contribution is 2.26. The van der Waals surface area contributed by atoms with Crippen molar-refractivity contribution in [2.24, 2.45) is 5.92 Å². The summed E-state index contributed by atoms with van der Waals surface area (Å²) in [4.78, 5) is 0. The summed E-state index contributed by atoms with van der Waals surface area (Å²) < 4.78 is 0. The first-order valence-electron chi connectivity index (χ1n) is 5.61. The summed E-state index contributed by atoms with van der Waals surface area (Å²) in [6, 6.07) is 0.819. The van der Waals surface area contributed by atoms with E-state index in [1.165, 1.54) is 32.1 Å². The van der Waals surface area contributed by atoms with E-state index in [1.807, 2.05) is 6.92 Å². The zero-order chi connectivity index (χ0) is 9.68. The molecule has 2 atom stereocenters. The van der Waals surface area contributed by atoms with Gasteiger partial charge in [0.25, 0.3) is 0 Å². The van der Waals surface area contributed by atoms with Crippen molar-refractivity contribution >= 4 is 0 Å². The lowest BCUT2D eigenvalue weighted by atomic mass is 9.84. The molecule has 1 saturated carbocycles. The highest BCUT2D eigenvalue weighted by molar-refractivity contribution is 4.77. The van der Waals surface area contributed by atoms with Crippen LogP contribution < -0.4 is 5.32 Å².